The number of rotatable bonds is 4. The fraction of sp³-hybridized carbons (Fsp3) is 0.231. The van der Waals surface area contributed by atoms with E-state index in [2.05, 4.69) is 10.3 Å². The van der Waals surface area contributed by atoms with Gasteiger partial charge in [-0.2, -0.15) is 13.2 Å². The highest BCUT2D eigenvalue weighted by Gasteiger charge is 2.30. The van der Waals surface area contributed by atoms with Crippen molar-refractivity contribution in [2.24, 2.45) is 0 Å². The molecule has 0 aliphatic carbocycles. The Morgan fingerprint density at radius 2 is 2.15 bits per heavy atom. The van der Waals surface area contributed by atoms with Crippen molar-refractivity contribution in [3.63, 3.8) is 0 Å². The maximum Gasteiger partial charge on any atom is 0.416 e. The number of benzene rings is 1. The molecule has 0 unspecified atom stereocenters. The first kappa shape index (κ1) is 14.5. The number of nitrogens with zero attached hydrogens (tertiary/aromatic N) is 1. The Bertz CT molecular complexity index is 582. The second-order valence-corrected chi connectivity index (χ2v) is 4.83. The highest BCUT2D eigenvalue weighted by Crippen LogP contribution is 2.30. The zero-order chi connectivity index (χ0) is 14.6. The number of alkyl halides is 3. The van der Waals surface area contributed by atoms with Crippen molar-refractivity contribution in [3.8, 4) is 0 Å². The van der Waals surface area contributed by atoms with E-state index in [1.54, 1.807) is 5.51 Å². The molecule has 0 spiro atoms. The first-order valence-corrected chi connectivity index (χ1v) is 6.73. The molecule has 0 bridgehead atoms. The quantitative estimate of drug-likeness (QED) is 0.934. The van der Waals surface area contributed by atoms with Crippen LogP contribution in [0.5, 0.6) is 0 Å². The third-order valence-electron chi connectivity index (χ3n) is 2.57. The zero-order valence-corrected chi connectivity index (χ0v) is 11.1. The number of carbonyl (C=O) groups excluding carboxylic acids is 1. The van der Waals surface area contributed by atoms with Crippen molar-refractivity contribution in [2.45, 2.75) is 19.0 Å². The lowest BCUT2D eigenvalue weighted by molar-refractivity contribution is -0.137. The molecule has 2 rings (SSSR count). The summed E-state index contributed by atoms with van der Waals surface area (Å²) in [6, 6.07) is 4.57. The van der Waals surface area contributed by atoms with Crippen LogP contribution < -0.4 is 5.32 Å². The van der Waals surface area contributed by atoms with Crippen LogP contribution in [0.2, 0.25) is 0 Å². The molecule has 1 amide bonds. The van der Waals surface area contributed by atoms with Crippen LogP contribution in [0, 0.1) is 0 Å². The molecule has 0 aliphatic rings. The van der Waals surface area contributed by atoms with E-state index in [-0.39, 0.29) is 18.0 Å². The molecule has 0 radical (unpaired) electrons. The van der Waals surface area contributed by atoms with Crippen molar-refractivity contribution in [1.29, 1.82) is 0 Å². The molecule has 1 aromatic heterocycles. The SMILES string of the molecule is O=C(CCc1cscn1)Nc1cccc(C(F)(F)F)c1. The van der Waals surface area contributed by atoms with Crippen LogP contribution in [-0.4, -0.2) is 10.9 Å². The Kier molecular flexibility index (Phi) is 4.39. The minimum atomic E-state index is -4.42. The van der Waals surface area contributed by atoms with Crippen LogP contribution in [0.25, 0.3) is 0 Å². The van der Waals surface area contributed by atoms with Crippen LogP contribution in [0.4, 0.5) is 18.9 Å². The van der Waals surface area contributed by atoms with Gasteiger partial charge in [0.05, 0.1) is 16.8 Å². The molecule has 0 aliphatic heterocycles. The van der Waals surface area contributed by atoms with Gasteiger partial charge in [0, 0.05) is 17.5 Å². The normalized spacial score (nSPS) is 11.3. The van der Waals surface area contributed by atoms with E-state index in [1.165, 1.54) is 23.5 Å². The summed E-state index contributed by atoms with van der Waals surface area (Å²) < 4.78 is 37.6. The summed E-state index contributed by atoms with van der Waals surface area (Å²) in [6.45, 7) is 0. The monoisotopic (exact) mass is 300 g/mol. The second kappa shape index (κ2) is 6.04. The lowest BCUT2D eigenvalue weighted by Gasteiger charge is -2.09. The number of aryl methyl sites for hydroxylation is 1. The summed E-state index contributed by atoms with van der Waals surface area (Å²) in [5.41, 5.74) is 1.83. The molecule has 0 atom stereocenters. The Labute approximate surface area is 117 Å². The number of thiazole rings is 1. The molecule has 0 saturated carbocycles. The van der Waals surface area contributed by atoms with Crippen LogP contribution in [0.3, 0.4) is 0 Å². The number of amides is 1. The average molecular weight is 300 g/mol. The highest BCUT2D eigenvalue weighted by atomic mass is 32.1. The lowest BCUT2D eigenvalue weighted by Crippen LogP contribution is -2.13. The number of carbonyl (C=O) groups is 1. The van der Waals surface area contributed by atoms with E-state index < -0.39 is 11.7 Å². The molecule has 0 saturated heterocycles. The van der Waals surface area contributed by atoms with Crippen LogP contribution >= 0.6 is 11.3 Å². The molecular formula is C13H11F3N2OS. The van der Waals surface area contributed by atoms with Crippen molar-refractivity contribution >= 4 is 22.9 Å². The zero-order valence-electron chi connectivity index (χ0n) is 10.3. The molecule has 7 heteroatoms. The molecule has 2 aromatic rings. The summed E-state index contributed by atoms with van der Waals surface area (Å²) in [5, 5.41) is 4.28. The van der Waals surface area contributed by atoms with E-state index in [9.17, 15) is 18.0 Å². The number of hydrogen-bond acceptors (Lipinski definition) is 3. The summed E-state index contributed by atoms with van der Waals surface area (Å²) in [6.07, 6.45) is -3.77. The maximum absolute atomic E-state index is 12.5. The van der Waals surface area contributed by atoms with Gasteiger partial charge < -0.3 is 5.32 Å². The van der Waals surface area contributed by atoms with Gasteiger partial charge in [-0.3, -0.25) is 4.79 Å². The summed E-state index contributed by atoms with van der Waals surface area (Å²) in [5.74, 6) is -0.336. The van der Waals surface area contributed by atoms with Gasteiger partial charge in [-0.15, -0.1) is 11.3 Å². The number of anilines is 1. The fourth-order valence-electron chi connectivity index (χ4n) is 1.60. The van der Waals surface area contributed by atoms with Gasteiger partial charge >= 0.3 is 6.18 Å². The molecule has 1 aromatic carbocycles. The van der Waals surface area contributed by atoms with Gasteiger partial charge in [-0.1, -0.05) is 6.07 Å². The maximum atomic E-state index is 12.5. The minimum absolute atomic E-state index is 0.142. The number of halogens is 3. The largest absolute Gasteiger partial charge is 0.416 e. The molecule has 1 heterocycles. The van der Waals surface area contributed by atoms with Crippen molar-refractivity contribution < 1.29 is 18.0 Å². The van der Waals surface area contributed by atoms with Gasteiger partial charge in [0.1, 0.15) is 0 Å². The number of hydrogen-bond donors (Lipinski definition) is 1. The predicted molar refractivity (Wildman–Crippen MR) is 70.5 cm³/mol. The summed E-state index contributed by atoms with van der Waals surface area (Å²) in [4.78, 5) is 15.7. The van der Waals surface area contributed by atoms with Crippen LogP contribution in [0.1, 0.15) is 17.7 Å². The number of nitrogens with one attached hydrogen (secondary N) is 1. The topological polar surface area (TPSA) is 42.0 Å². The Morgan fingerprint density at radius 1 is 1.35 bits per heavy atom. The Morgan fingerprint density at radius 3 is 2.80 bits per heavy atom. The van der Waals surface area contributed by atoms with Gasteiger partial charge in [0.25, 0.3) is 0 Å². The lowest BCUT2D eigenvalue weighted by atomic mass is 10.2. The fourth-order valence-corrected chi connectivity index (χ4v) is 2.19. The molecule has 0 fully saturated rings. The Hall–Kier alpha value is -1.89. The third kappa shape index (κ3) is 4.06. The van der Waals surface area contributed by atoms with Crippen molar-refractivity contribution in [3.05, 3.63) is 46.4 Å². The first-order valence-electron chi connectivity index (χ1n) is 5.79. The Balaban J connectivity index is 1.94. The summed E-state index contributed by atoms with van der Waals surface area (Å²) in [7, 11) is 0. The van der Waals surface area contributed by atoms with Crippen molar-refractivity contribution in [2.75, 3.05) is 5.32 Å². The average Bonchev–Trinajstić information content (AvgIpc) is 2.89. The third-order valence-corrected chi connectivity index (χ3v) is 3.20. The van der Waals surface area contributed by atoms with Gasteiger partial charge in [-0.25, -0.2) is 4.98 Å². The van der Waals surface area contributed by atoms with Gasteiger partial charge in [0.15, 0.2) is 0 Å². The number of aromatic nitrogens is 1. The minimum Gasteiger partial charge on any atom is -0.326 e. The van der Waals surface area contributed by atoms with Gasteiger partial charge in [0.2, 0.25) is 5.91 Å². The smallest absolute Gasteiger partial charge is 0.326 e. The van der Waals surface area contributed by atoms with Crippen molar-refractivity contribution in [1.82, 2.24) is 4.98 Å². The van der Waals surface area contributed by atoms with E-state index in [0.29, 0.717) is 6.42 Å². The molecular weight excluding hydrogens is 289 g/mol. The highest BCUT2D eigenvalue weighted by molar-refractivity contribution is 7.07. The van der Waals surface area contributed by atoms with E-state index in [1.807, 2.05) is 5.38 Å². The van der Waals surface area contributed by atoms with E-state index in [0.717, 1.165) is 17.8 Å². The predicted octanol–water partition coefficient (Wildman–Crippen LogP) is 3.73. The molecule has 1 N–H and O–H groups in total. The molecule has 3 nitrogen and oxygen atoms in total. The molecule has 20 heavy (non-hydrogen) atoms. The van der Waals surface area contributed by atoms with Crippen LogP contribution in [0.15, 0.2) is 35.2 Å². The second-order valence-electron chi connectivity index (χ2n) is 4.11. The van der Waals surface area contributed by atoms with E-state index >= 15 is 0 Å². The van der Waals surface area contributed by atoms with Gasteiger partial charge in [-0.05, 0) is 24.6 Å². The molecule has 106 valence electrons. The van der Waals surface area contributed by atoms with E-state index in [4.69, 9.17) is 0 Å². The van der Waals surface area contributed by atoms with Crippen LogP contribution in [-0.2, 0) is 17.4 Å². The standard InChI is InChI=1S/C13H11F3N2OS/c14-13(15,16)9-2-1-3-10(6-9)18-12(19)5-4-11-7-20-8-17-11/h1-3,6-8H,4-5H2,(H,18,19). The summed E-state index contributed by atoms with van der Waals surface area (Å²) >= 11 is 1.43. The first-order chi connectivity index (χ1) is 9.45.